The lowest BCUT2D eigenvalue weighted by atomic mass is 10.2. The number of thiophene rings is 1. The summed E-state index contributed by atoms with van der Waals surface area (Å²) in [5, 5.41) is 7.90. The Labute approximate surface area is 137 Å². The second-order valence-corrected chi connectivity index (χ2v) is 5.81. The number of nitrogens with zero attached hydrogens (tertiary/aromatic N) is 2. The highest BCUT2D eigenvalue weighted by atomic mass is 32.1. The Morgan fingerprint density at radius 3 is 2.52 bits per heavy atom. The second kappa shape index (κ2) is 6.45. The van der Waals surface area contributed by atoms with Crippen LogP contribution < -0.4 is 16.4 Å². The average Bonchev–Trinajstić information content (AvgIpc) is 3.02. The molecule has 1 amide bonds. The predicted molar refractivity (Wildman–Crippen MR) is 93.8 cm³/mol. The van der Waals surface area contributed by atoms with Crippen LogP contribution in [0.15, 0.2) is 47.8 Å². The van der Waals surface area contributed by atoms with E-state index < -0.39 is 0 Å². The normalized spacial score (nSPS) is 10.3. The molecule has 116 valence electrons. The maximum absolute atomic E-state index is 11.0. The number of carbonyl (C=O) groups is 1. The molecule has 6 nitrogen and oxygen atoms in total. The summed E-state index contributed by atoms with van der Waals surface area (Å²) in [5.41, 5.74) is 8.16. The molecule has 0 unspecified atom stereocenters. The standard InChI is InChI=1S/C16H15N5OS/c1-10(22)18-11-4-6-12(7-5-11)19-15-9-13(20-16(17)21-15)14-3-2-8-23-14/h2-9H,1H3,(H,18,22)(H3,17,19,20,21). The first-order chi connectivity index (χ1) is 11.1. The first-order valence-electron chi connectivity index (χ1n) is 6.93. The zero-order valence-corrected chi connectivity index (χ0v) is 13.2. The highest BCUT2D eigenvalue weighted by Crippen LogP contribution is 2.26. The maximum atomic E-state index is 11.0. The number of hydrogen-bond donors (Lipinski definition) is 3. The summed E-state index contributed by atoms with van der Waals surface area (Å²) < 4.78 is 0. The molecule has 0 saturated carbocycles. The van der Waals surface area contributed by atoms with Crippen LogP contribution in [0.3, 0.4) is 0 Å². The van der Waals surface area contributed by atoms with Crippen LogP contribution in [0, 0.1) is 0 Å². The van der Waals surface area contributed by atoms with Gasteiger partial charge in [-0.25, -0.2) is 4.98 Å². The summed E-state index contributed by atoms with van der Waals surface area (Å²) in [6.07, 6.45) is 0. The number of nitrogens with one attached hydrogen (secondary N) is 2. The fraction of sp³-hybridized carbons (Fsp3) is 0.0625. The van der Waals surface area contributed by atoms with Crippen LogP contribution in [0.2, 0.25) is 0 Å². The average molecular weight is 325 g/mol. The van der Waals surface area contributed by atoms with Gasteiger partial charge in [0.1, 0.15) is 5.82 Å². The molecule has 0 saturated heterocycles. The minimum Gasteiger partial charge on any atom is -0.368 e. The van der Waals surface area contributed by atoms with Crippen molar-refractivity contribution in [3.63, 3.8) is 0 Å². The molecule has 7 heteroatoms. The summed E-state index contributed by atoms with van der Waals surface area (Å²) in [7, 11) is 0. The van der Waals surface area contributed by atoms with Crippen molar-refractivity contribution in [3.8, 4) is 10.6 Å². The van der Waals surface area contributed by atoms with Gasteiger partial charge in [-0.15, -0.1) is 11.3 Å². The Morgan fingerprint density at radius 1 is 1.13 bits per heavy atom. The van der Waals surface area contributed by atoms with Gasteiger partial charge in [0.15, 0.2) is 0 Å². The molecule has 0 fully saturated rings. The predicted octanol–water partition coefficient (Wildman–Crippen LogP) is 3.49. The Morgan fingerprint density at radius 2 is 1.87 bits per heavy atom. The van der Waals surface area contributed by atoms with Gasteiger partial charge in [0.25, 0.3) is 0 Å². The van der Waals surface area contributed by atoms with Gasteiger partial charge < -0.3 is 16.4 Å². The first kappa shape index (κ1) is 15.0. The molecule has 0 bridgehead atoms. The minimum atomic E-state index is -0.102. The van der Waals surface area contributed by atoms with Crippen LogP contribution in [0.1, 0.15) is 6.92 Å². The molecule has 2 heterocycles. The number of aromatic nitrogens is 2. The zero-order chi connectivity index (χ0) is 16.2. The molecule has 0 aliphatic carbocycles. The van der Waals surface area contributed by atoms with Crippen molar-refractivity contribution in [1.82, 2.24) is 9.97 Å². The van der Waals surface area contributed by atoms with Crippen LogP contribution in [0.25, 0.3) is 10.6 Å². The fourth-order valence-electron chi connectivity index (χ4n) is 2.07. The Balaban J connectivity index is 1.81. The van der Waals surface area contributed by atoms with Crippen LogP contribution in [-0.2, 0) is 4.79 Å². The summed E-state index contributed by atoms with van der Waals surface area (Å²) in [6, 6.07) is 13.1. The smallest absolute Gasteiger partial charge is 0.222 e. The van der Waals surface area contributed by atoms with Crippen molar-refractivity contribution in [2.45, 2.75) is 6.92 Å². The van der Waals surface area contributed by atoms with E-state index in [1.54, 1.807) is 11.3 Å². The molecule has 0 aliphatic heterocycles. The van der Waals surface area contributed by atoms with Crippen LogP contribution in [-0.4, -0.2) is 15.9 Å². The lowest BCUT2D eigenvalue weighted by Crippen LogP contribution is -2.05. The van der Waals surface area contributed by atoms with E-state index in [0.29, 0.717) is 5.82 Å². The topological polar surface area (TPSA) is 92.9 Å². The van der Waals surface area contributed by atoms with Gasteiger partial charge in [-0.05, 0) is 35.7 Å². The maximum Gasteiger partial charge on any atom is 0.222 e. The van der Waals surface area contributed by atoms with E-state index in [-0.39, 0.29) is 11.9 Å². The van der Waals surface area contributed by atoms with E-state index in [9.17, 15) is 4.79 Å². The highest BCUT2D eigenvalue weighted by Gasteiger charge is 2.06. The van der Waals surface area contributed by atoms with Gasteiger partial charge >= 0.3 is 0 Å². The Kier molecular flexibility index (Phi) is 4.20. The zero-order valence-electron chi connectivity index (χ0n) is 12.4. The van der Waals surface area contributed by atoms with Gasteiger partial charge in [-0.1, -0.05) is 6.07 Å². The van der Waals surface area contributed by atoms with Gasteiger partial charge in [-0.2, -0.15) is 4.98 Å². The number of benzene rings is 1. The molecule has 3 aromatic rings. The molecule has 0 spiro atoms. The number of amides is 1. The third-order valence-electron chi connectivity index (χ3n) is 2.99. The first-order valence-corrected chi connectivity index (χ1v) is 7.81. The molecule has 3 rings (SSSR count). The summed E-state index contributed by atoms with van der Waals surface area (Å²) in [6.45, 7) is 1.47. The highest BCUT2D eigenvalue weighted by molar-refractivity contribution is 7.13. The lowest BCUT2D eigenvalue weighted by Gasteiger charge is -2.09. The minimum absolute atomic E-state index is 0.102. The number of carbonyl (C=O) groups excluding carboxylic acids is 1. The number of anilines is 4. The number of nitrogens with two attached hydrogens (primary N) is 1. The van der Waals surface area contributed by atoms with Gasteiger partial charge in [0.2, 0.25) is 11.9 Å². The van der Waals surface area contributed by atoms with E-state index in [0.717, 1.165) is 21.9 Å². The molecule has 0 aliphatic rings. The number of hydrogen-bond acceptors (Lipinski definition) is 6. The van der Waals surface area contributed by atoms with Crippen molar-refractivity contribution in [2.75, 3.05) is 16.4 Å². The molecular weight excluding hydrogens is 310 g/mol. The Bertz CT molecular complexity index is 815. The molecule has 0 radical (unpaired) electrons. The van der Waals surface area contributed by atoms with Crippen molar-refractivity contribution in [3.05, 3.63) is 47.8 Å². The second-order valence-electron chi connectivity index (χ2n) is 4.86. The van der Waals surface area contributed by atoms with E-state index in [4.69, 9.17) is 5.73 Å². The molecular formula is C16H15N5OS. The van der Waals surface area contributed by atoms with Crippen LogP contribution >= 0.6 is 11.3 Å². The van der Waals surface area contributed by atoms with E-state index in [2.05, 4.69) is 20.6 Å². The molecule has 2 aromatic heterocycles. The van der Waals surface area contributed by atoms with E-state index >= 15 is 0 Å². The van der Waals surface area contributed by atoms with E-state index in [1.165, 1.54) is 6.92 Å². The van der Waals surface area contributed by atoms with Gasteiger partial charge in [-0.3, -0.25) is 4.79 Å². The summed E-state index contributed by atoms with van der Waals surface area (Å²) in [5.74, 6) is 0.733. The SMILES string of the molecule is CC(=O)Nc1ccc(Nc2cc(-c3cccs3)nc(N)n2)cc1. The fourth-order valence-corrected chi connectivity index (χ4v) is 2.75. The molecule has 1 aromatic carbocycles. The summed E-state index contributed by atoms with van der Waals surface area (Å²) >= 11 is 1.59. The molecule has 0 atom stereocenters. The van der Waals surface area contributed by atoms with Crippen molar-refractivity contribution in [2.24, 2.45) is 0 Å². The molecule has 4 N–H and O–H groups in total. The number of rotatable bonds is 4. The number of nitrogen functional groups attached to an aromatic ring is 1. The largest absolute Gasteiger partial charge is 0.368 e. The lowest BCUT2D eigenvalue weighted by molar-refractivity contribution is -0.114. The quantitative estimate of drug-likeness (QED) is 0.683. The van der Waals surface area contributed by atoms with Crippen molar-refractivity contribution < 1.29 is 4.79 Å². The monoisotopic (exact) mass is 325 g/mol. The van der Waals surface area contributed by atoms with Gasteiger partial charge in [0.05, 0.1) is 10.6 Å². The third kappa shape index (κ3) is 3.83. The van der Waals surface area contributed by atoms with Crippen LogP contribution in [0.5, 0.6) is 0 Å². The summed E-state index contributed by atoms with van der Waals surface area (Å²) in [4.78, 5) is 20.5. The third-order valence-corrected chi connectivity index (χ3v) is 3.89. The van der Waals surface area contributed by atoms with Crippen molar-refractivity contribution >= 4 is 40.4 Å². The Hall–Kier alpha value is -2.93. The van der Waals surface area contributed by atoms with Crippen LogP contribution in [0.4, 0.5) is 23.1 Å². The van der Waals surface area contributed by atoms with Gasteiger partial charge in [0, 0.05) is 24.4 Å². The van der Waals surface area contributed by atoms with E-state index in [1.807, 2.05) is 47.8 Å². The molecule has 23 heavy (non-hydrogen) atoms. The van der Waals surface area contributed by atoms with Crippen molar-refractivity contribution in [1.29, 1.82) is 0 Å².